The van der Waals surface area contributed by atoms with Crippen molar-refractivity contribution in [2.24, 2.45) is 5.92 Å². The molecule has 43 heavy (non-hydrogen) atoms. The monoisotopic (exact) mass is 583 g/mol. The molecule has 3 aromatic carbocycles. The van der Waals surface area contributed by atoms with Gasteiger partial charge < -0.3 is 31.1 Å². The third-order valence-electron chi connectivity index (χ3n) is 6.96. The zero-order chi connectivity index (χ0) is 31.1. The number of nitrogens with one attached hydrogen (secondary N) is 4. The summed E-state index contributed by atoms with van der Waals surface area (Å²) in [6, 6.07) is 16.9. The Labute approximate surface area is 249 Å². The lowest BCUT2D eigenvalue weighted by molar-refractivity contribution is -0.132. The van der Waals surface area contributed by atoms with Crippen molar-refractivity contribution in [3.63, 3.8) is 0 Å². The number of fused-ring (bicyclic) bond motifs is 11. The molecule has 0 fully saturated rings. The maximum absolute atomic E-state index is 13.3. The molecule has 11 heteroatoms. The second-order valence-corrected chi connectivity index (χ2v) is 10.6. The molecule has 222 valence electrons. The third-order valence-corrected chi connectivity index (χ3v) is 6.96. The topological polar surface area (TPSA) is 170 Å². The quantitative estimate of drug-likeness (QED) is 0.294. The Balaban J connectivity index is 1.63. The predicted octanol–water partition coefficient (Wildman–Crippen LogP) is 2.67. The lowest BCUT2D eigenvalue weighted by atomic mass is 10.0. The fourth-order valence-electron chi connectivity index (χ4n) is 4.52. The second kappa shape index (κ2) is 13.5. The molecule has 0 spiro atoms. The standard InChI is InChI=1S/C32H33N5O6/c1-18(2)28-32(42)35-19(3)29(39)36-26(31(41)34-17-22-6-4-5-21(13-22)16-33)14-20-7-9-23(10-8-20)43-24-11-12-27(38)25(15-24)30(40)37-28/h4-13,15,18-19,26,28,38H,14,17H2,1-3H3,(H,34,41)(H,35,42)(H,36,39)(H,37,40)/t19-,26-,28-/m0/s1. The molecule has 0 saturated carbocycles. The lowest BCUT2D eigenvalue weighted by Crippen LogP contribution is -2.57. The van der Waals surface area contributed by atoms with E-state index in [0.717, 1.165) is 11.1 Å². The van der Waals surface area contributed by atoms with E-state index in [4.69, 9.17) is 10.00 Å². The van der Waals surface area contributed by atoms with Gasteiger partial charge in [-0.1, -0.05) is 38.1 Å². The molecule has 3 aromatic rings. The largest absolute Gasteiger partial charge is 0.507 e. The number of ether oxygens (including phenoxy) is 1. The Bertz CT molecular complexity index is 1560. The number of phenolic OH excluding ortho intramolecular Hbond substituents is 1. The smallest absolute Gasteiger partial charge is 0.255 e. The summed E-state index contributed by atoms with van der Waals surface area (Å²) < 4.78 is 5.89. The lowest BCUT2D eigenvalue weighted by Gasteiger charge is -2.25. The van der Waals surface area contributed by atoms with Crippen LogP contribution in [0, 0.1) is 17.2 Å². The van der Waals surface area contributed by atoms with Crippen molar-refractivity contribution < 1.29 is 29.0 Å². The van der Waals surface area contributed by atoms with E-state index < -0.39 is 41.8 Å². The molecule has 2 heterocycles. The fraction of sp³-hybridized carbons (Fsp3) is 0.281. The summed E-state index contributed by atoms with van der Waals surface area (Å²) in [6.07, 6.45) is 0.144. The van der Waals surface area contributed by atoms with Crippen LogP contribution in [0.2, 0.25) is 0 Å². The average Bonchev–Trinajstić information content (AvgIpc) is 2.99. The van der Waals surface area contributed by atoms with Crippen molar-refractivity contribution >= 4 is 23.6 Å². The van der Waals surface area contributed by atoms with Crippen LogP contribution in [0.3, 0.4) is 0 Å². The molecule has 5 rings (SSSR count). The number of amides is 4. The van der Waals surface area contributed by atoms with Crippen molar-refractivity contribution in [3.8, 4) is 23.3 Å². The molecule has 2 aliphatic heterocycles. The Hall–Kier alpha value is -5.37. The number of carbonyl (C=O) groups excluding carboxylic acids is 4. The van der Waals surface area contributed by atoms with Gasteiger partial charge in [-0.15, -0.1) is 0 Å². The summed E-state index contributed by atoms with van der Waals surface area (Å²) >= 11 is 0. The highest BCUT2D eigenvalue weighted by atomic mass is 16.5. The molecular weight excluding hydrogens is 550 g/mol. The van der Waals surface area contributed by atoms with Gasteiger partial charge in [0.05, 0.1) is 17.2 Å². The maximum atomic E-state index is 13.3. The SMILES string of the molecule is CC(C)[C@@H]1NC(=O)c2cc(ccc2O)Oc2ccc(cc2)C[C@@H](C(=O)NCc2cccc(C#N)c2)NC(=O)[C@H](C)NC1=O. The van der Waals surface area contributed by atoms with Crippen molar-refractivity contribution in [1.82, 2.24) is 21.3 Å². The Morgan fingerprint density at radius 1 is 1.00 bits per heavy atom. The summed E-state index contributed by atoms with van der Waals surface area (Å²) in [7, 11) is 0. The van der Waals surface area contributed by atoms with Crippen LogP contribution in [-0.2, 0) is 27.3 Å². The number of nitrogens with zero attached hydrogens (tertiary/aromatic N) is 1. The number of hydrogen-bond acceptors (Lipinski definition) is 7. The average molecular weight is 584 g/mol. The van der Waals surface area contributed by atoms with E-state index in [1.165, 1.54) is 25.1 Å². The predicted molar refractivity (Wildman–Crippen MR) is 157 cm³/mol. The van der Waals surface area contributed by atoms with Crippen LogP contribution in [0.5, 0.6) is 17.2 Å². The summed E-state index contributed by atoms with van der Waals surface area (Å²) in [5, 5.41) is 30.3. The van der Waals surface area contributed by atoms with Gasteiger partial charge in [0, 0.05) is 13.0 Å². The van der Waals surface area contributed by atoms with Gasteiger partial charge in [0.15, 0.2) is 0 Å². The molecule has 0 aliphatic carbocycles. The maximum Gasteiger partial charge on any atom is 0.255 e. The number of nitriles is 1. The minimum atomic E-state index is -1.04. The summed E-state index contributed by atoms with van der Waals surface area (Å²) in [5.41, 5.74) is 1.83. The van der Waals surface area contributed by atoms with Gasteiger partial charge in [-0.2, -0.15) is 5.26 Å². The van der Waals surface area contributed by atoms with Crippen molar-refractivity contribution in [2.45, 2.75) is 51.9 Å². The van der Waals surface area contributed by atoms with E-state index in [1.807, 2.05) is 0 Å². The van der Waals surface area contributed by atoms with Crippen LogP contribution in [0.15, 0.2) is 66.7 Å². The molecular formula is C32H33N5O6. The first-order valence-corrected chi connectivity index (χ1v) is 13.8. The molecule has 0 radical (unpaired) electrons. The Kier molecular flexibility index (Phi) is 9.62. The zero-order valence-corrected chi connectivity index (χ0v) is 24.0. The van der Waals surface area contributed by atoms with Crippen molar-refractivity contribution in [3.05, 3.63) is 89.0 Å². The van der Waals surface area contributed by atoms with Crippen molar-refractivity contribution in [2.75, 3.05) is 0 Å². The second-order valence-electron chi connectivity index (χ2n) is 10.6. The number of aromatic hydroxyl groups is 1. The van der Waals surface area contributed by atoms with Crippen LogP contribution in [-0.4, -0.2) is 46.9 Å². The van der Waals surface area contributed by atoms with E-state index in [0.29, 0.717) is 17.1 Å². The Morgan fingerprint density at radius 2 is 1.72 bits per heavy atom. The molecule has 0 saturated heterocycles. The molecule has 11 nitrogen and oxygen atoms in total. The van der Waals surface area contributed by atoms with Gasteiger partial charge >= 0.3 is 0 Å². The van der Waals surface area contributed by atoms with E-state index >= 15 is 0 Å². The van der Waals surface area contributed by atoms with Crippen molar-refractivity contribution in [1.29, 1.82) is 5.26 Å². The molecule has 2 aliphatic rings. The highest BCUT2D eigenvalue weighted by molar-refractivity contribution is 6.00. The van der Waals surface area contributed by atoms with E-state index in [1.54, 1.807) is 62.4 Å². The fourth-order valence-corrected chi connectivity index (χ4v) is 4.52. The first kappa shape index (κ1) is 30.6. The van der Waals surface area contributed by atoms with Crippen LogP contribution in [0.25, 0.3) is 0 Å². The van der Waals surface area contributed by atoms with Crippen LogP contribution >= 0.6 is 0 Å². The van der Waals surface area contributed by atoms with Gasteiger partial charge in [-0.05, 0) is 66.4 Å². The molecule has 4 amide bonds. The highest BCUT2D eigenvalue weighted by Gasteiger charge is 2.30. The molecule has 5 N–H and O–H groups in total. The number of rotatable bonds is 4. The minimum Gasteiger partial charge on any atom is -0.507 e. The summed E-state index contributed by atoms with van der Waals surface area (Å²) in [6.45, 7) is 5.09. The third kappa shape index (κ3) is 7.89. The summed E-state index contributed by atoms with van der Waals surface area (Å²) in [4.78, 5) is 52.8. The van der Waals surface area contributed by atoms with E-state index in [-0.39, 0.29) is 30.2 Å². The van der Waals surface area contributed by atoms with Crippen LogP contribution in [0.1, 0.15) is 47.8 Å². The van der Waals surface area contributed by atoms with Gasteiger partial charge in [-0.25, -0.2) is 0 Å². The summed E-state index contributed by atoms with van der Waals surface area (Å²) in [5.74, 6) is -2.25. The van der Waals surface area contributed by atoms with E-state index in [9.17, 15) is 24.3 Å². The number of phenols is 1. The highest BCUT2D eigenvalue weighted by Crippen LogP contribution is 2.28. The normalized spacial score (nSPS) is 19.1. The molecule has 0 aromatic heterocycles. The Morgan fingerprint density at radius 3 is 2.42 bits per heavy atom. The van der Waals surface area contributed by atoms with Gasteiger partial charge in [0.25, 0.3) is 5.91 Å². The minimum absolute atomic E-state index is 0.0762. The number of hydrogen-bond donors (Lipinski definition) is 5. The zero-order valence-electron chi connectivity index (χ0n) is 24.0. The molecule has 0 unspecified atom stereocenters. The van der Waals surface area contributed by atoms with Gasteiger partial charge in [0.1, 0.15) is 35.4 Å². The van der Waals surface area contributed by atoms with Gasteiger partial charge in [0.2, 0.25) is 17.7 Å². The number of carbonyl (C=O) groups is 4. The van der Waals surface area contributed by atoms with Gasteiger partial charge in [-0.3, -0.25) is 19.2 Å². The number of benzene rings is 3. The molecule has 3 atom stereocenters. The first-order valence-electron chi connectivity index (χ1n) is 13.8. The van der Waals surface area contributed by atoms with Crippen LogP contribution < -0.4 is 26.0 Å². The first-order chi connectivity index (χ1) is 20.5. The van der Waals surface area contributed by atoms with Crippen LogP contribution in [0.4, 0.5) is 0 Å². The molecule has 4 bridgehead atoms. The van der Waals surface area contributed by atoms with E-state index in [2.05, 4.69) is 27.3 Å².